The highest BCUT2D eigenvalue weighted by Gasteiger charge is 2.58. The minimum atomic E-state index is -0.604. The average molecular weight is 257 g/mol. The van der Waals surface area contributed by atoms with Crippen LogP contribution in [0, 0.1) is 0 Å². The van der Waals surface area contributed by atoms with Crippen LogP contribution < -0.4 is 0 Å². The lowest BCUT2D eigenvalue weighted by atomic mass is 10.1. The number of nitrogens with zero attached hydrogens (tertiary/aromatic N) is 1. The molecule has 0 aromatic heterocycles. The first-order valence-electron chi connectivity index (χ1n) is 5.98. The Morgan fingerprint density at radius 3 is 2.44 bits per heavy atom. The second-order valence-electron chi connectivity index (χ2n) is 5.82. The largest absolute Gasteiger partial charge is 0.467 e. The molecule has 0 aromatic carbocycles. The zero-order valence-corrected chi connectivity index (χ0v) is 11.2. The molecule has 0 aliphatic carbocycles. The number of rotatable bonds is 1. The molecule has 2 saturated heterocycles. The Morgan fingerprint density at radius 2 is 2.00 bits per heavy atom. The molecular weight excluding hydrogens is 238 g/mol. The number of ether oxygens (including phenoxy) is 3. The lowest BCUT2D eigenvalue weighted by molar-refractivity contribution is -0.145. The number of esters is 1. The van der Waals surface area contributed by atoms with Crippen molar-refractivity contribution in [3.8, 4) is 0 Å². The van der Waals surface area contributed by atoms with Crippen LogP contribution in [0.1, 0.15) is 27.2 Å². The summed E-state index contributed by atoms with van der Waals surface area (Å²) in [5.74, 6) is -0.423. The summed E-state index contributed by atoms with van der Waals surface area (Å²) in [7, 11) is 1.31. The Balaban J connectivity index is 2.09. The van der Waals surface area contributed by atoms with Crippen LogP contribution in [0.4, 0.5) is 4.79 Å². The van der Waals surface area contributed by atoms with E-state index in [1.807, 2.05) is 0 Å². The summed E-state index contributed by atoms with van der Waals surface area (Å²) in [6, 6.07) is -0.604. The number of carbonyl (C=O) groups excluding carboxylic acids is 2. The molecule has 0 radical (unpaired) electrons. The van der Waals surface area contributed by atoms with Gasteiger partial charge in [0.1, 0.15) is 17.2 Å². The van der Waals surface area contributed by atoms with Gasteiger partial charge in [-0.25, -0.2) is 9.59 Å². The third kappa shape index (κ3) is 2.58. The third-order valence-corrected chi connectivity index (χ3v) is 3.05. The summed E-state index contributed by atoms with van der Waals surface area (Å²) in [5, 5.41) is 0. The van der Waals surface area contributed by atoms with Crippen molar-refractivity contribution in [1.82, 2.24) is 4.90 Å². The number of carbonyl (C=O) groups is 2. The number of likely N-dealkylation sites (tertiary alicyclic amines) is 1. The van der Waals surface area contributed by atoms with Gasteiger partial charge >= 0.3 is 12.1 Å². The summed E-state index contributed by atoms with van der Waals surface area (Å²) >= 11 is 0. The van der Waals surface area contributed by atoms with Gasteiger partial charge in [0.15, 0.2) is 0 Å². The lowest BCUT2D eigenvalue weighted by Crippen LogP contribution is -2.44. The summed E-state index contributed by atoms with van der Waals surface area (Å²) in [4.78, 5) is 25.1. The van der Waals surface area contributed by atoms with E-state index in [0.29, 0.717) is 19.6 Å². The minimum absolute atomic E-state index is 0.351. The van der Waals surface area contributed by atoms with E-state index in [1.165, 1.54) is 12.0 Å². The topological polar surface area (TPSA) is 68.4 Å². The van der Waals surface area contributed by atoms with Crippen molar-refractivity contribution >= 4 is 12.1 Å². The highest BCUT2D eigenvalue weighted by molar-refractivity contribution is 5.82. The predicted molar refractivity (Wildman–Crippen MR) is 62.0 cm³/mol. The van der Waals surface area contributed by atoms with Crippen LogP contribution in [0.3, 0.4) is 0 Å². The predicted octanol–water partition coefficient (Wildman–Crippen LogP) is 0.938. The first-order chi connectivity index (χ1) is 8.26. The van der Waals surface area contributed by atoms with Gasteiger partial charge < -0.3 is 14.2 Å². The Bertz CT molecular complexity index is 369. The molecule has 18 heavy (non-hydrogen) atoms. The van der Waals surface area contributed by atoms with Crippen molar-refractivity contribution in [3.05, 3.63) is 0 Å². The first-order valence-corrected chi connectivity index (χ1v) is 5.98. The standard InChI is InChI=1S/C12H19NO5/c1-11(2,3)18-10(15)13-6-12(7-17-12)5-8(13)9(14)16-4/h8H,5-7H2,1-4H3/t8-,12?/m0/s1. The zero-order valence-electron chi connectivity index (χ0n) is 11.2. The third-order valence-electron chi connectivity index (χ3n) is 3.05. The molecule has 2 atom stereocenters. The molecule has 0 bridgehead atoms. The highest BCUT2D eigenvalue weighted by Crippen LogP contribution is 2.41. The van der Waals surface area contributed by atoms with Gasteiger partial charge in [-0.05, 0) is 20.8 Å². The molecule has 0 saturated carbocycles. The zero-order chi connectivity index (χ0) is 13.6. The Labute approximate surface area is 106 Å². The van der Waals surface area contributed by atoms with E-state index in [2.05, 4.69) is 0 Å². The van der Waals surface area contributed by atoms with Gasteiger partial charge in [0.2, 0.25) is 0 Å². The molecule has 0 N–H and O–H groups in total. The molecule has 6 heteroatoms. The molecule has 2 aliphatic heterocycles. The van der Waals surface area contributed by atoms with Crippen LogP contribution in [0.2, 0.25) is 0 Å². The fourth-order valence-electron chi connectivity index (χ4n) is 2.12. The molecule has 1 unspecified atom stereocenters. The van der Waals surface area contributed by atoms with Gasteiger partial charge in [0, 0.05) is 6.42 Å². The van der Waals surface area contributed by atoms with Gasteiger partial charge in [-0.1, -0.05) is 0 Å². The van der Waals surface area contributed by atoms with E-state index in [4.69, 9.17) is 14.2 Å². The van der Waals surface area contributed by atoms with Crippen molar-refractivity contribution in [2.75, 3.05) is 20.3 Å². The molecule has 2 heterocycles. The summed E-state index contributed by atoms with van der Waals surface area (Å²) in [6.45, 7) is 6.34. The van der Waals surface area contributed by atoms with E-state index >= 15 is 0 Å². The van der Waals surface area contributed by atoms with Crippen LogP contribution in [0.5, 0.6) is 0 Å². The average Bonchev–Trinajstić information content (AvgIpc) is 2.86. The van der Waals surface area contributed by atoms with E-state index in [0.717, 1.165) is 0 Å². The first kappa shape index (κ1) is 13.1. The van der Waals surface area contributed by atoms with Crippen LogP contribution in [0.15, 0.2) is 0 Å². The number of hydrogen-bond acceptors (Lipinski definition) is 5. The van der Waals surface area contributed by atoms with Gasteiger partial charge in [-0.15, -0.1) is 0 Å². The molecule has 2 rings (SSSR count). The summed E-state index contributed by atoms with van der Waals surface area (Å²) < 4.78 is 15.3. The van der Waals surface area contributed by atoms with E-state index < -0.39 is 23.7 Å². The van der Waals surface area contributed by atoms with Gasteiger partial charge in [-0.3, -0.25) is 4.90 Å². The monoisotopic (exact) mass is 257 g/mol. The van der Waals surface area contributed by atoms with Crippen molar-refractivity contribution in [2.24, 2.45) is 0 Å². The maximum absolute atomic E-state index is 12.0. The summed E-state index contributed by atoms with van der Waals surface area (Å²) in [6.07, 6.45) is -0.0101. The minimum Gasteiger partial charge on any atom is -0.467 e. The Morgan fingerprint density at radius 1 is 1.39 bits per heavy atom. The molecule has 6 nitrogen and oxygen atoms in total. The van der Waals surface area contributed by atoms with Gasteiger partial charge in [0.05, 0.1) is 20.3 Å². The van der Waals surface area contributed by atoms with E-state index in [1.54, 1.807) is 20.8 Å². The van der Waals surface area contributed by atoms with Crippen LogP contribution in [0.25, 0.3) is 0 Å². The van der Waals surface area contributed by atoms with Crippen molar-refractivity contribution in [1.29, 1.82) is 0 Å². The number of epoxide rings is 1. The molecule has 1 amide bonds. The van der Waals surface area contributed by atoms with Gasteiger partial charge in [-0.2, -0.15) is 0 Å². The fourth-order valence-corrected chi connectivity index (χ4v) is 2.12. The van der Waals surface area contributed by atoms with Crippen LogP contribution in [-0.2, 0) is 19.0 Å². The Hall–Kier alpha value is -1.30. The molecule has 2 fully saturated rings. The molecule has 2 aliphatic rings. The van der Waals surface area contributed by atoms with Gasteiger partial charge in [0.25, 0.3) is 0 Å². The van der Waals surface area contributed by atoms with Crippen molar-refractivity contribution in [2.45, 2.75) is 44.4 Å². The Kier molecular flexibility index (Phi) is 3.01. The van der Waals surface area contributed by atoms with Crippen molar-refractivity contribution in [3.63, 3.8) is 0 Å². The second-order valence-corrected chi connectivity index (χ2v) is 5.82. The quantitative estimate of drug-likeness (QED) is 0.516. The lowest BCUT2D eigenvalue weighted by Gasteiger charge is -2.27. The second kappa shape index (κ2) is 4.12. The maximum Gasteiger partial charge on any atom is 0.411 e. The summed E-state index contributed by atoms with van der Waals surface area (Å²) in [5.41, 5.74) is -0.937. The fraction of sp³-hybridized carbons (Fsp3) is 0.833. The van der Waals surface area contributed by atoms with Crippen LogP contribution in [-0.4, -0.2) is 54.5 Å². The maximum atomic E-state index is 12.0. The van der Waals surface area contributed by atoms with Crippen LogP contribution >= 0.6 is 0 Å². The normalized spacial score (nSPS) is 30.4. The number of amides is 1. The molecule has 1 spiro atoms. The molecule has 0 aromatic rings. The van der Waals surface area contributed by atoms with E-state index in [9.17, 15) is 9.59 Å². The molecule has 102 valence electrons. The van der Waals surface area contributed by atoms with E-state index in [-0.39, 0.29) is 5.60 Å². The molecular formula is C12H19NO5. The number of hydrogen-bond donors (Lipinski definition) is 0. The number of methoxy groups -OCH3 is 1. The SMILES string of the molecule is COC(=O)[C@@H]1CC2(CO2)CN1C(=O)OC(C)(C)C. The highest BCUT2D eigenvalue weighted by atomic mass is 16.6. The van der Waals surface area contributed by atoms with Crippen molar-refractivity contribution < 1.29 is 23.8 Å². The smallest absolute Gasteiger partial charge is 0.411 e.